The first-order valence-electron chi connectivity index (χ1n) is 9.82. The molecule has 32 heavy (non-hydrogen) atoms. The molecule has 0 aliphatic carbocycles. The number of carbonyl (C=O) groups is 1. The van der Waals surface area contributed by atoms with Crippen LogP contribution in [-0.4, -0.2) is 25.8 Å². The van der Waals surface area contributed by atoms with Crippen molar-refractivity contribution in [3.63, 3.8) is 0 Å². The van der Waals surface area contributed by atoms with Crippen molar-refractivity contribution in [2.45, 2.75) is 6.61 Å². The molecule has 164 valence electrons. The molecule has 0 heterocycles. The molecule has 0 radical (unpaired) electrons. The zero-order valence-electron chi connectivity index (χ0n) is 17.6. The van der Waals surface area contributed by atoms with E-state index >= 15 is 0 Å². The van der Waals surface area contributed by atoms with Crippen LogP contribution in [0.5, 0.6) is 17.2 Å². The zero-order chi connectivity index (χ0) is 22.8. The molecule has 1 amide bonds. The summed E-state index contributed by atoms with van der Waals surface area (Å²) in [5, 5.41) is 4.65. The molecule has 0 aliphatic rings. The molecule has 3 aromatic rings. The second kappa shape index (κ2) is 11.6. The first-order chi connectivity index (χ1) is 15.6. The highest BCUT2D eigenvalue weighted by atomic mass is 35.5. The SMILES string of the molecule is C=CCOc1ccc(/C=N/NC(=O)c2ccccc2OCc2ccccc2Cl)cc1OC. The monoisotopic (exact) mass is 450 g/mol. The van der Waals surface area contributed by atoms with Crippen molar-refractivity contribution >= 4 is 23.7 Å². The number of amides is 1. The Balaban J connectivity index is 1.65. The number of halogens is 1. The maximum atomic E-state index is 12.6. The highest BCUT2D eigenvalue weighted by Crippen LogP contribution is 2.27. The van der Waals surface area contributed by atoms with Crippen molar-refractivity contribution < 1.29 is 19.0 Å². The van der Waals surface area contributed by atoms with Crippen LogP contribution >= 0.6 is 11.6 Å². The molecule has 0 bridgehead atoms. The summed E-state index contributed by atoms with van der Waals surface area (Å²) in [4.78, 5) is 12.6. The van der Waals surface area contributed by atoms with Crippen LogP contribution in [0.1, 0.15) is 21.5 Å². The molecule has 0 aromatic heterocycles. The van der Waals surface area contributed by atoms with Gasteiger partial charge in [0.2, 0.25) is 0 Å². The Kier molecular flexibility index (Phi) is 8.29. The van der Waals surface area contributed by atoms with Crippen LogP contribution in [-0.2, 0) is 6.61 Å². The first kappa shape index (κ1) is 22.9. The molecular formula is C25H23ClN2O4. The Labute approximate surface area is 192 Å². The van der Waals surface area contributed by atoms with E-state index in [1.807, 2.05) is 18.2 Å². The fraction of sp³-hybridized carbons (Fsp3) is 0.120. The van der Waals surface area contributed by atoms with Crippen molar-refractivity contribution in [1.29, 1.82) is 0 Å². The third-order valence-corrected chi connectivity index (χ3v) is 4.77. The van der Waals surface area contributed by atoms with Gasteiger partial charge in [0.1, 0.15) is 19.0 Å². The van der Waals surface area contributed by atoms with Gasteiger partial charge in [0, 0.05) is 10.6 Å². The van der Waals surface area contributed by atoms with E-state index in [2.05, 4.69) is 17.1 Å². The van der Waals surface area contributed by atoms with Gasteiger partial charge in [0.05, 0.1) is 18.9 Å². The fourth-order valence-electron chi connectivity index (χ4n) is 2.81. The minimum atomic E-state index is -0.395. The van der Waals surface area contributed by atoms with Crippen molar-refractivity contribution in [2.24, 2.45) is 5.10 Å². The normalized spacial score (nSPS) is 10.6. The highest BCUT2D eigenvalue weighted by molar-refractivity contribution is 6.31. The predicted octanol–water partition coefficient (Wildman–Crippen LogP) is 5.26. The second-order valence-corrected chi connectivity index (χ2v) is 6.99. The number of carbonyl (C=O) groups excluding carboxylic acids is 1. The Morgan fingerprint density at radius 2 is 1.81 bits per heavy atom. The lowest BCUT2D eigenvalue weighted by molar-refractivity contribution is 0.0950. The summed E-state index contributed by atoms with van der Waals surface area (Å²) in [5.74, 6) is 1.19. The van der Waals surface area contributed by atoms with Crippen molar-refractivity contribution in [3.8, 4) is 17.2 Å². The van der Waals surface area contributed by atoms with E-state index < -0.39 is 5.91 Å². The summed E-state index contributed by atoms with van der Waals surface area (Å²) in [6, 6.07) is 19.7. The van der Waals surface area contributed by atoms with Gasteiger partial charge in [0.15, 0.2) is 11.5 Å². The van der Waals surface area contributed by atoms with Gasteiger partial charge in [-0.25, -0.2) is 5.43 Å². The van der Waals surface area contributed by atoms with Gasteiger partial charge in [-0.2, -0.15) is 5.10 Å². The first-order valence-corrected chi connectivity index (χ1v) is 10.2. The molecule has 0 fully saturated rings. The molecule has 0 atom stereocenters. The number of ether oxygens (including phenoxy) is 3. The Morgan fingerprint density at radius 3 is 2.59 bits per heavy atom. The standard InChI is InChI=1S/C25H23ClN2O4/c1-3-14-31-23-13-12-18(15-24(23)30-2)16-27-28-25(29)20-9-5-7-11-22(20)32-17-19-8-4-6-10-21(19)26/h3-13,15-16H,1,14,17H2,2H3,(H,28,29)/b27-16+. The molecular weight excluding hydrogens is 428 g/mol. The summed E-state index contributed by atoms with van der Waals surface area (Å²) in [7, 11) is 1.55. The number of hydrogen-bond acceptors (Lipinski definition) is 5. The topological polar surface area (TPSA) is 69.2 Å². The van der Waals surface area contributed by atoms with Crippen LogP contribution in [0.15, 0.2) is 84.5 Å². The van der Waals surface area contributed by atoms with E-state index in [1.165, 1.54) is 6.21 Å². The quantitative estimate of drug-likeness (QED) is 0.260. The summed E-state index contributed by atoms with van der Waals surface area (Å²) >= 11 is 6.18. The number of hydrogen-bond donors (Lipinski definition) is 1. The molecule has 0 spiro atoms. The summed E-state index contributed by atoms with van der Waals surface area (Å²) < 4.78 is 16.7. The number of methoxy groups -OCH3 is 1. The lowest BCUT2D eigenvalue weighted by atomic mass is 10.2. The number of nitrogens with one attached hydrogen (secondary N) is 1. The second-order valence-electron chi connectivity index (χ2n) is 6.59. The Bertz CT molecular complexity index is 1110. The van der Waals surface area contributed by atoms with Gasteiger partial charge >= 0.3 is 0 Å². The summed E-state index contributed by atoms with van der Waals surface area (Å²) in [6.07, 6.45) is 3.17. The van der Waals surface area contributed by atoms with E-state index in [0.717, 1.165) is 11.1 Å². The van der Waals surface area contributed by atoms with Gasteiger partial charge in [-0.05, 0) is 42.0 Å². The lowest BCUT2D eigenvalue weighted by Gasteiger charge is -2.11. The van der Waals surface area contributed by atoms with E-state index in [4.69, 9.17) is 25.8 Å². The maximum absolute atomic E-state index is 12.6. The number of nitrogens with zero attached hydrogens (tertiary/aromatic N) is 1. The highest BCUT2D eigenvalue weighted by Gasteiger charge is 2.12. The van der Waals surface area contributed by atoms with E-state index in [1.54, 1.807) is 61.7 Å². The lowest BCUT2D eigenvalue weighted by Crippen LogP contribution is -2.18. The van der Waals surface area contributed by atoms with Crippen LogP contribution in [0.4, 0.5) is 0 Å². The van der Waals surface area contributed by atoms with E-state index in [9.17, 15) is 4.79 Å². The molecule has 0 unspecified atom stereocenters. The molecule has 6 nitrogen and oxygen atoms in total. The average Bonchev–Trinajstić information content (AvgIpc) is 2.82. The molecule has 7 heteroatoms. The zero-order valence-corrected chi connectivity index (χ0v) is 18.3. The molecule has 1 N–H and O–H groups in total. The third-order valence-electron chi connectivity index (χ3n) is 4.40. The van der Waals surface area contributed by atoms with Crippen LogP contribution in [0, 0.1) is 0 Å². The van der Waals surface area contributed by atoms with Gasteiger partial charge in [-0.3, -0.25) is 4.79 Å². The number of benzene rings is 3. The molecule has 0 saturated heterocycles. The average molecular weight is 451 g/mol. The molecule has 3 rings (SSSR count). The van der Waals surface area contributed by atoms with Crippen LogP contribution in [0.2, 0.25) is 5.02 Å². The predicted molar refractivity (Wildman–Crippen MR) is 126 cm³/mol. The number of hydrazone groups is 1. The van der Waals surface area contributed by atoms with Crippen molar-refractivity contribution in [2.75, 3.05) is 13.7 Å². The number of rotatable bonds is 10. The van der Waals surface area contributed by atoms with E-state index in [-0.39, 0.29) is 6.61 Å². The molecule has 0 saturated carbocycles. The summed E-state index contributed by atoms with van der Waals surface area (Å²) in [6.45, 7) is 4.24. The third kappa shape index (κ3) is 6.12. The van der Waals surface area contributed by atoms with E-state index in [0.29, 0.717) is 34.4 Å². The summed E-state index contributed by atoms with van der Waals surface area (Å²) in [5.41, 5.74) is 4.45. The van der Waals surface area contributed by atoms with Gasteiger partial charge in [-0.1, -0.05) is 54.6 Å². The molecule has 3 aromatic carbocycles. The Hall–Kier alpha value is -3.77. The molecule has 0 aliphatic heterocycles. The minimum Gasteiger partial charge on any atom is -0.493 e. The van der Waals surface area contributed by atoms with Crippen molar-refractivity contribution in [3.05, 3.63) is 101 Å². The van der Waals surface area contributed by atoms with Crippen molar-refractivity contribution in [1.82, 2.24) is 5.43 Å². The van der Waals surface area contributed by atoms with Gasteiger partial charge in [-0.15, -0.1) is 0 Å². The fourth-order valence-corrected chi connectivity index (χ4v) is 3.00. The van der Waals surface area contributed by atoms with Gasteiger partial charge in [0.25, 0.3) is 5.91 Å². The van der Waals surface area contributed by atoms with Gasteiger partial charge < -0.3 is 14.2 Å². The minimum absolute atomic E-state index is 0.243. The smallest absolute Gasteiger partial charge is 0.275 e. The maximum Gasteiger partial charge on any atom is 0.275 e. The largest absolute Gasteiger partial charge is 0.493 e. The number of para-hydroxylation sites is 1. The van der Waals surface area contributed by atoms with Crippen LogP contribution < -0.4 is 19.6 Å². The van der Waals surface area contributed by atoms with Crippen LogP contribution in [0.3, 0.4) is 0 Å². The van der Waals surface area contributed by atoms with Crippen LogP contribution in [0.25, 0.3) is 0 Å². The Morgan fingerprint density at radius 1 is 1.03 bits per heavy atom.